The topological polar surface area (TPSA) is 39.7 Å². The van der Waals surface area contributed by atoms with Gasteiger partial charge in [0, 0.05) is 32.6 Å². The van der Waals surface area contributed by atoms with Crippen LogP contribution in [0.15, 0.2) is 0 Å². The highest BCUT2D eigenvalue weighted by Gasteiger charge is 2.41. The number of hydrogen-bond acceptors (Lipinski definition) is 4. The zero-order valence-electron chi connectivity index (χ0n) is 10.3. The zero-order valence-corrected chi connectivity index (χ0v) is 10.3. The number of nitrogens with one attached hydrogen (secondary N) is 1. The Balaban J connectivity index is 1.82. The largest absolute Gasteiger partial charge is 0.378 e. The molecule has 3 atom stereocenters. The molecule has 0 aliphatic carbocycles. The van der Waals surface area contributed by atoms with E-state index in [1.165, 1.54) is 0 Å². The van der Waals surface area contributed by atoms with Gasteiger partial charge in [-0.15, -0.1) is 0 Å². The molecule has 94 valence electrons. The molecule has 4 nitrogen and oxygen atoms in total. The van der Waals surface area contributed by atoms with Crippen molar-refractivity contribution in [2.75, 3.05) is 33.4 Å². The van der Waals surface area contributed by atoms with Gasteiger partial charge in [-0.2, -0.15) is 0 Å². The van der Waals surface area contributed by atoms with E-state index in [1.54, 1.807) is 0 Å². The van der Waals surface area contributed by atoms with Crippen LogP contribution in [0.2, 0.25) is 0 Å². The van der Waals surface area contributed by atoms with E-state index in [0.717, 1.165) is 45.6 Å². The van der Waals surface area contributed by atoms with Crippen LogP contribution >= 0.6 is 0 Å². The van der Waals surface area contributed by atoms with Crippen molar-refractivity contribution < 1.29 is 14.2 Å². The maximum atomic E-state index is 6.02. The third-order valence-corrected chi connectivity index (χ3v) is 3.43. The summed E-state index contributed by atoms with van der Waals surface area (Å²) < 4.78 is 17.3. The first kappa shape index (κ1) is 12.3. The van der Waals surface area contributed by atoms with Crippen molar-refractivity contribution in [3.8, 4) is 0 Å². The minimum absolute atomic E-state index is 0.0394. The molecule has 1 N–H and O–H groups in total. The molecule has 2 aliphatic rings. The number of hydrogen-bond donors (Lipinski definition) is 1. The van der Waals surface area contributed by atoms with Crippen molar-refractivity contribution in [2.24, 2.45) is 0 Å². The van der Waals surface area contributed by atoms with E-state index in [-0.39, 0.29) is 11.7 Å². The molecule has 0 bridgehead atoms. The number of likely N-dealkylation sites (N-methyl/N-ethyl adjacent to an activating group) is 1. The third-order valence-electron chi connectivity index (χ3n) is 3.43. The van der Waals surface area contributed by atoms with Gasteiger partial charge in [0.15, 0.2) is 0 Å². The van der Waals surface area contributed by atoms with Crippen LogP contribution in [0, 0.1) is 0 Å². The Bertz CT molecular complexity index is 216. The fourth-order valence-corrected chi connectivity index (χ4v) is 2.63. The van der Waals surface area contributed by atoms with Gasteiger partial charge in [-0.3, -0.25) is 0 Å². The standard InChI is InChI=1S/C12H23NO3/c1-10(8-13-2)16-11-3-5-15-12(7-11)4-6-14-9-12/h10-11,13H,3-9H2,1-2H3. The van der Waals surface area contributed by atoms with E-state index in [2.05, 4.69) is 12.2 Å². The molecule has 1 spiro atoms. The minimum atomic E-state index is -0.0394. The Morgan fingerprint density at radius 1 is 1.50 bits per heavy atom. The van der Waals surface area contributed by atoms with E-state index in [0.29, 0.717) is 6.10 Å². The highest BCUT2D eigenvalue weighted by Crippen LogP contribution is 2.34. The summed E-state index contributed by atoms with van der Waals surface area (Å²) in [4.78, 5) is 0. The van der Waals surface area contributed by atoms with Gasteiger partial charge in [0.1, 0.15) is 0 Å². The summed E-state index contributed by atoms with van der Waals surface area (Å²) >= 11 is 0. The third kappa shape index (κ3) is 2.94. The van der Waals surface area contributed by atoms with Gasteiger partial charge in [0.2, 0.25) is 0 Å². The van der Waals surface area contributed by atoms with E-state index in [9.17, 15) is 0 Å². The summed E-state index contributed by atoms with van der Waals surface area (Å²) in [5.74, 6) is 0. The van der Waals surface area contributed by atoms with Gasteiger partial charge in [-0.05, 0) is 20.4 Å². The van der Waals surface area contributed by atoms with Crippen LogP contribution in [0.1, 0.15) is 26.2 Å². The van der Waals surface area contributed by atoms with E-state index in [1.807, 2.05) is 7.05 Å². The lowest BCUT2D eigenvalue weighted by Gasteiger charge is -2.37. The van der Waals surface area contributed by atoms with Gasteiger partial charge < -0.3 is 19.5 Å². The molecule has 0 aromatic rings. The van der Waals surface area contributed by atoms with Crippen LogP contribution in [0.25, 0.3) is 0 Å². The van der Waals surface area contributed by atoms with Crippen molar-refractivity contribution in [1.82, 2.24) is 5.32 Å². The second kappa shape index (κ2) is 5.45. The fourth-order valence-electron chi connectivity index (χ4n) is 2.63. The summed E-state index contributed by atoms with van der Waals surface area (Å²) in [5, 5.41) is 3.14. The number of rotatable bonds is 4. The minimum Gasteiger partial charge on any atom is -0.378 e. The molecule has 0 amide bonds. The molecular weight excluding hydrogens is 206 g/mol. The number of ether oxygens (including phenoxy) is 3. The summed E-state index contributed by atoms with van der Waals surface area (Å²) in [6.07, 6.45) is 3.62. The predicted octanol–water partition coefficient (Wildman–Crippen LogP) is 0.949. The van der Waals surface area contributed by atoms with Crippen LogP contribution < -0.4 is 5.32 Å². The molecule has 2 aliphatic heterocycles. The van der Waals surface area contributed by atoms with Gasteiger partial charge >= 0.3 is 0 Å². The van der Waals surface area contributed by atoms with Gasteiger partial charge in [-0.25, -0.2) is 0 Å². The van der Waals surface area contributed by atoms with Crippen LogP contribution in [-0.2, 0) is 14.2 Å². The first-order valence-electron chi connectivity index (χ1n) is 6.26. The fraction of sp³-hybridized carbons (Fsp3) is 1.00. The summed E-state index contributed by atoms with van der Waals surface area (Å²) in [7, 11) is 1.95. The van der Waals surface area contributed by atoms with Gasteiger partial charge in [0.25, 0.3) is 0 Å². The normalized spacial score (nSPS) is 36.8. The molecular formula is C12H23NO3. The Labute approximate surface area is 97.6 Å². The molecule has 2 rings (SSSR count). The average Bonchev–Trinajstić information content (AvgIpc) is 2.66. The molecule has 0 saturated carbocycles. The van der Waals surface area contributed by atoms with Gasteiger partial charge in [-0.1, -0.05) is 0 Å². The molecule has 4 heteroatoms. The van der Waals surface area contributed by atoms with Crippen LogP contribution in [-0.4, -0.2) is 51.2 Å². The lowest BCUT2D eigenvalue weighted by molar-refractivity contribution is -0.144. The molecule has 2 fully saturated rings. The molecule has 0 aromatic heterocycles. The quantitative estimate of drug-likeness (QED) is 0.779. The van der Waals surface area contributed by atoms with Crippen molar-refractivity contribution >= 4 is 0 Å². The molecule has 3 unspecified atom stereocenters. The van der Waals surface area contributed by atoms with Crippen molar-refractivity contribution in [2.45, 2.75) is 44.0 Å². The Morgan fingerprint density at radius 3 is 3.06 bits per heavy atom. The van der Waals surface area contributed by atoms with Crippen molar-refractivity contribution in [1.29, 1.82) is 0 Å². The highest BCUT2D eigenvalue weighted by molar-refractivity contribution is 4.91. The monoisotopic (exact) mass is 229 g/mol. The van der Waals surface area contributed by atoms with E-state index in [4.69, 9.17) is 14.2 Å². The summed E-state index contributed by atoms with van der Waals surface area (Å²) in [6, 6.07) is 0. The van der Waals surface area contributed by atoms with Crippen LogP contribution in [0.4, 0.5) is 0 Å². The van der Waals surface area contributed by atoms with Crippen LogP contribution in [0.5, 0.6) is 0 Å². The summed E-state index contributed by atoms with van der Waals surface area (Å²) in [6.45, 7) is 5.40. The SMILES string of the molecule is CNCC(C)OC1CCOC2(CCOC2)C1. The first-order chi connectivity index (χ1) is 7.74. The Kier molecular flexibility index (Phi) is 4.19. The lowest BCUT2D eigenvalue weighted by atomic mass is 9.91. The van der Waals surface area contributed by atoms with E-state index >= 15 is 0 Å². The average molecular weight is 229 g/mol. The second-order valence-corrected chi connectivity index (χ2v) is 4.95. The zero-order chi connectivity index (χ0) is 11.4. The Morgan fingerprint density at radius 2 is 2.38 bits per heavy atom. The lowest BCUT2D eigenvalue weighted by Crippen LogP contribution is -2.44. The molecule has 2 heterocycles. The first-order valence-corrected chi connectivity index (χ1v) is 6.26. The molecule has 0 aromatic carbocycles. The maximum Gasteiger partial charge on any atom is 0.0961 e. The maximum absolute atomic E-state index is 6.02. The second-order valence-electron chi connectivity index (χ2n) is 4.95. The Hall–Kier alpha value is -0.160. The smallest absolute Gasteiger partial charge is 0.0961 e. The van der Waals surface area contributed by atoms with Crippen molar-refractivity contribution in [3.05, 3.63) is 0 Å². The molecule has 2 saturated heterocycles. The predicted molar refractivity (Wildman–Crippen MR) is 61.6 cm³/mol. The molecule has 16 heavy (non-hydrogen) atoms. The molecule has 0 radical (unpaired) electrons. The van der Waals surface area contributed by atoms with E-state index < -0.39 is 0 Å². The van der Waals surface area contributed by atoms with Gasteiger partial charge in [0.05, 0.1) is 24.4 Å². The van der Waals surface area contributed by atoms with Crippen molar-refractivity contribution in [3.63, 3.8) is 0 Å². The van der Waals surface area contributed by atoms with Crippen LogP contribution in [0.3, 0.4) is 0 Å². The highest BCUT2D eigenvalue weighted by atomic mass is 16.6. The summed E-state index contributed by atoms with van der Waals surface area (Å²) in [5.41, 5.74) is -0.0394.